The minimum atomic E-state index is -0.498. The average Bonchev–Trinajstić information content (AvgIpc) is 3.04. The van der Waals surface area contributed by atoms with Crippen molar-refractivity contribution in [3.05, 3.63) is 33.9 Å². The second kappa shape index (κ2) is 7.30. The van der Waals surface area contributed by atoms with E-state index in [1.54, 1.807) is 23.6 Å². The van der Waals surface area contributed by atoms with Gasteiger partial charge in [-0.2, -0.15) is 0 Å². The van der Waals surface area contributed by atoms with Crippen LogP contribution in [0, 0.1) is 0 Å². The van der Waals surface area contributed by atoms with Crippen LogP contribution in [0.4, 0.5) is 4.79 Å². The molecule has 0 spiro atoms. The van der Waals surface area contributed by atoms with Gasteiger partial charge in [0.15, 0.2) is 0 Å². The number of likely N-dealkylation sites (tertiary alicyclic amines) is 1. The van der Waals surface area contributed by atoms with E-state index in [4.69, 9.17) is 21.3 Å². The third kappa shape index (κ3) is 4.50. The molecule has 1 saturated heterocycles. The highest BCUT2D eigenvalue weighted by Crippen LogP contribution is 2.35. The lowest BCUT2D eigenvalue weighted by Gasteiger charge is -2.35. The van der Waals surface area contributed by atoms with Gasteiger partial charge in [0.2, 0.25) is 0 Å². The van der Waals surface area contributed by atoms with E-state index in [1.165, 1.54) is 0 Å². The highest BCUT2D eigenvalue weighted by Gasteiger charge is 2.33. The standard InChI is InChI=1S/C18H22ClN3O2S/c1-18(2,3)24-17(23)22-9-5-4-6-14(22)16-21-13(11-25-16)12-7-8-15(19)20-10-12/h7-8,10-11,14H,4-6,9H2,1-3H3. The minimum absolute atomic E-state index is 0.0254. The van der Waals surface area contributed by atoms with Gasteiger partial charge in [0, 0.05) is 23.7 Å². The summed E-state index contributed by atoms with van der Waals surface area (Å²) in [5.41, 5.74) is 1.28. The van der Waals surface area contributed by atoms with Crippen molar-refractivity contribution in [2.24, 2.45) is 0 Å². The lowest BCUT2D eigenvalue weighted by molar-refractivity contribution is 0.00950. The third-order valence-electron chi connectivity index (χ3n) is 3.96. The van der Waals surface area contributed by atoms with Crippen molar-refractivity contribution < 1.29 is 9.53 Å². The van der Waals surface area contributed by atoms with E-state index < -0.39 is 5.60 Å². The largest absolute Gasteiger partial charge is 0.444 e. The van der Waals surface area contributed by atoms with Crippen molar-refractivity contribution in [2.45, 2.75) is 51.7 Å². The molecule has 1 aliphatic heterocycles. The lowest BCUT2D eigenvalue weighted by Crippen LogP contribution is -2.41. The summed E-state index contributed by atoms with van der Waals surface area (Å²) in [5, 5.41) is 3.40. The molecule has 0 aliphatic carbocycles. The van der Waals surface area contributed by atoms with E-state index in [9.17, 15) is 4.79 Å². The molecule has 2 aromatic rings. The maximum atomic E-state index is 12.6. The molecule has 5 nitrogen and oxygen atoms in total. The molecular formula is C18H22ClN3O2S. The van der Waals surface area contributed by atoms with Crippen molar-refractivity contribution in [1.82, 2.24) is 14.9 Å². The van der Waals surface area contributed by atoms with Crippen LogP contribution in [0.3, 0.4) is 0 Å². The summed E-state index contributed by atoms with van der Waals surface area (Å²) in [7, 11) is 0. The Kier molecular flexibility index (Phi) is 5.29. The number of carbonyl (C=O) groups is 1. The molecule has 3 heterocycles. The van der Waals surface area contributed by atoms with E-state index >= 15 is 0 Å². The van der Waals surface area contributed by atoms with E-state index in [0.29, 0.717) is 11.7 Å². The van der Waals surface area contributed by atoms with Crippen LogP contribution < -0.4 is 0 Å². The maximum Gasteiger partial charge on any atom is 0.410 e. The number of nitrogens with zero attached hydrogens (tertiary/aromatic N) is 3. The first-order chi connectivity index (χ1) is 11.8. The summed E-state index contributed by atoms with van der Waals surface area (Å²) in [5.74, 6) is 0. The van der Waals surface area contributed by atoms with Gasteiger partial charge in [-0.05, 0) is 52.2 Å². The molecule has 3 rings (SSSR count). The van der Waals surface area contributed by atoms with E-state index in [-0.39, 0.29) is 12.1 Å². The summed E-state index contributed by atoms with van der Waals surface area (Å²) < 4.78 is 5.57. The summed E-state index contributed by atoms with van der Waals surface area (Å²) in [6.45, 7) is 6.37. The number of hydrogen-bond donors (Lipinski definition) is 0. The SMILES string of the molecule is CC(C)(C)OC(=O)N1CCCCC1c1nc(-c2ccc(Cl)nc2)cs1. The van der Waals surface area contributed by atoms with Crippen molar-refractivity contribution in [1.29, 1.82) is 0 Å². The van der Waals surface area contributed by atoms with Crippen molar-refractivity contribution in [3.8, 4) is 11.3 Å². The van der Waals surface area contributed by atoms with Crippen LogP contribution in [0.2, 0.25) is 5.15 Å². The minimum Gasteiger partial charge on any atom is -0.444 e. The van der Waals surface area contributed by atoms with Crippen molar-refractivity contribution in [2.75, 3.05) is 6.54 Å². The second-order valence-electron chi connectivity index (χ2n) is 7.13. The number of thiazole rings is 1. The highest BCUT2D eigenvalue weighted by atomic mass is 35.5. The zero-order chi connectivity index (χ0) is 18.0. The third-order valence-corrected chi connectivity index (χ3v) is 5.13. The number of piperidine rings is 1. The normalized spacial score (nSPS) is 18.2. The van der Waals surface area contributed by atoms with E-state index in [2.05, 4.69) is 4.98 Å². The molecule has 0 saturated carbocycles. The Balaban J connectivity index is 1.81. The molecule has 1 atom stereocenters. The fraction of sp³-hybridized carbons (Fsp3) is 0.500. The van der Waals surface area contributed by atoms with Crippen molar-refractivity contribution >= 4 is 29.0 Å². The smallest absolute Gasteiger partial charge is 0.410 e. The molecule has 0 aromatic carbocycles. The van der Waals surface area contributed by atoms with Gasteiger partial charge in [0.1, 0.15) is 15.8 Å². The fourth-order valence-electron chi connectivity index (χ4n) is 2.83. The Morgan fingerprint density at radius 2 is 2.16 bits per heavy atom. The number of carbonyl (C=O) groups excluding carboxylic acids is 1. The van der Waals surface area contributed by atoms with E-state index in [1.807, 2.05) is 37.1 Å². The molecule has 2 aromatic heterocycles. The molecule has 25 heavy (non-hydrogen) atoms. The van der Waals surface area contributed by atoms with Crippen LogP contribution in [0.1, 0.15) is 51.1 Å². The number of pyridine rings is 1. The average molecular weight is 380 g/mol. The summed E-state index contributed by atoms with van der Waals surface area (Å²) in [4.78, 5) is 23.2. The Morgan fingerprint density at radius 3 is 2.84 bits per heavy atom. The monoisotopic (exact) mass is 379 g/mol. The molecule has 1 fully saturated rings. The van der Waals surface area contributed by atoms with Gasteiger partial charge in [-0.3, -0.25) is 4.90 Å². The van der Waals surface area contributed by atoms with Crippen LogP contribution in [0.15, 0.2) is 23.7 Å². The Labute approximate surface area is 157 Å². The zero-order valence-corrected chi connectivity index (χ0v) is 16.2. The lowest BCUT2D eigenvalue weighted by atomic mass is 10.0. The molecule has 7 heteroatoms. The van der Waals surface area contributed by atoms with Gasteiger partial charge >= 0.3 is 6.09 Å². The molecule has 134 valence electrons. The topological polar surface area (TPSA) is 55.3 Å². The molecule has 0 radical (unpaired) electrons. The summed E-state index contributed by atoms with van der Waals surface area (Å²) in [6, 6.07) is 3.63. The van der Waals surface area contributed by atoms with Gasteiger partial charge in [0.25, 0.3) is 0 Å². The van der Waals surface area contributed by atoms with Gasteiger partial charge in [-0.25, -0.2) is 14.8 Å². The number of rotatable bonds is 2. The quantitative estimate of drug-likeness (QED) is 0.662. The van der Waals surface area contributed by atoms with Crippen LogP contribution >= 0.6 is 22.9 Å². The molecular weight excluding hydrogens is 358 g/mol. The Morgan fingerprint density at radius 1 is 1.36 bits per heavy atom. The van der Waals surface area contributed by atoms with E-state index in [0.717, 1.165) is 35.5 Å². The summed E-state index contributed by atoms with van der Waals surface area (Å²) in [6.07, 6.45) is 4.44. The number of amides is 1. The predicted molar refractivity (Wildman–Crippen MR) is 99.9 cm³/mol. The molecule has 1 amide bonds. The van der Waals surface area contributed by atoms with Gasteiger partial charge in [-0.15, -0.1) is 11.3 Å². The number of halogens is 1. The first-order valence-electron chi connectivity index (χ1n) is 8.40. The Hall–Kier alpha value is -1.66. The molecule has 1 aliphatic rings. The molecule has 1 unspecified atom stereocenters. The summed E-state index contributed by atoms with van der Waals surface area (Å²) >= 11 is 7.42. The highest BCUT2D eigenvalue weighted by molar-refractivity contribution is 7.10. The number of aromatic nitrogens is 2. The van der Waals surface area contributed by atoms with Gasteiger partial charge in [-0.1, -0.05) is 11.6 Å². The zero-order valence-electron chi connectivity index (χ0n) is 14.7. The van der Waals surface area contributed by atoms with Gasteiger partial charge < -0.3 is 4.74 Å². The van der Waals surface area contributed by atoms with Crippen molar-refractivity contribution in [3.63, 3.8) is 0 Å². The van der Waals surface area contributed by atoms with Crippen LogP contribution in [0.25, 0.3) is 11.3 Å². The number of ether oxygens (including phenoxy) is 1. The van der Waals surface area contributed by atoms with Gasteiger partial charge in [0.05, 0.1) is 11.7 Å². The first-order valence-corrected chi connectivity index (χ1v) is 9.66. The van der Waals surface area contributed by atoms with Crippen LogP contribution in [-0.4, -0.2) is 33.1 Å². The maximum absolute atomic E-state index is 12.6. The fourth-order valence-corrected chi connectivity index (χ4v) is 3.91. The first kappa shape index (κ1) is 18.1. The van der Waals surface area contributed by atoms with Crippen LogP contribution in [0.5, 0.6) is 0 Å². The molecule has 0 bridgehead atoms. The number of hydrogen-bond acceptors (Lipinski definition) is 5. The molecule has 0 N–H and O–H groups in total. The van der Waals surface area contributed by atoms with Crippen LogP contribution in [-0.2, 0) is 4.74 Å². The second-order valence-corrected chi connectivity index (χ2v) is 8.40. The predicted octanol–water partition coefficient (Wildman–Crippen LogP) is 5.32. The Bertz CT molecular complexity index is 740.